The van der Waals surface area contributed by atoms with Gasteiger partial charge in [-0.15, -0.1) is 0 Å². The summed E-state index contributed by atoms with van der Waals surface area (Å²) in [5.41, 5.74) is 1.38. The van der Waals surface area contributed by atoms with Gasteiger partial charge in [-0.2, -0.15) is 0 Å². The van der Waals surface area contributed by atoms with Gasteiger partial charge in [0, 0.05) is 18.1 Å². The summed E-state index contributed by atoms with van der Waals surface area (Å²) in [6.45, 7) is 0.155. The number of hydrogen-bond donors (Lipinski definition) is 2. The molecule has 110 valence electrons. The summed E-state index contributed by atoms with van der Waals surface area (Å²) in [7, 11) is 0. The predicted molar refractivity (Wildman–Crippen MR) is 72.7 cm³/mol. The van der Waals surface area contributed by atoms with Gasteiger partial charge in [-0.3, -0.25) is 4.79 Å². The van der Waals surface area contributed by atoms with Crippen molar-refractivity contribution < 1.29 is 19.2 Å². The monoisotopic (exact) mass is 308 g/mol. The van der Waals surface area contributed by atoms with E-state index in [0.717, 1.165) is 5.56 Å². The van der Waals surface area contributed by atoms with Gasteiger partial charge in [0.2, 0.25) is 0 Å². The molecule has 0 aliphatic heterocycles. The number of hydrogen-bond acceptors (Lipinski definition) is 5. The highest BCUT2D eigenvalue weighted by Crippen LogP contribution is 2.24. The third-order valence-electron chi connectivity index (χ3n) is 2.62. The fraction of sp³-hybridized carbons (Fsp3) is 0.154. The van der Waals surface area contributed by atoms with E-state index in [9.17, 15) is 14.7 Å². The molecule has 8 heteroatoms. The van der Waals surface area contributed by atoms with E-state index in [1.807, 2.05) is 5.32 Å². The first-order valence-corrected chi connectivity index (χ1v) is 6.39. The number of aromatic nitrogens is 1. The SMILES string of the molecule is O=C([O-])NCCNC(=O)c1nocc1-c1ccc(Cl)cc1. The summed E-state index contributed by atoms with van der Waals surface area (Å²) in [4.78, 5) is 22.1. The first kappa shape index (κ1) is 14.9. The molecule has 0 radical (unpaired) electrons. The lowest BCUT2D eigenvalue weighted by Gasteiger charge is -2.07. The van der Waals surface area contributed by atoms with E-state index < -0.39 is 12.0 Å². The van der Waals surface area contributed by atoms with E-state index in [4.69, 9.17) is 16.1 Å². The number of carboxylic acid groups (broad SMARTS) is 1. The Morgan fingerprint density at radius 3 is 2.52 bits per heavy atom. The van der Waals surface area contributed by atoms with E-state index in [1.165, 1.54) is 6.26 Å². The summed E-state index contributed by atoms with van der Waals surface area (Å²) < 4.78 is 4.83. The smallest absolute Gasteiger partial charge is 0.274 e. The lowest BCUT2D eigenvalue weighted by molar-refractivity contribution is -0.250. The number of benzene rings is 1. The van der Waals surface area contributed by atoms with Gasteiger partial charge in [-0.05, 0) is 17.7 Å². The average molecular weight is 309 g/mol. The highest BCUT2D eigenvalue weighted by Gasteiger charge is 2.17. The van der Waals surface area contributed by atoms with Gasteiger partial charge in [-0.25, -0.2) is 0 Å². The van der Waals surface area contributed by atoms with Gasteiger partial charge in [-0.1, -0.05) is 28.9 Å². The molecular formula is C13H11ClN3O4-. The van der Waals surface area contributed by atoms with E-state index in [-0.39, 0.29) is 18.8 Å². The van der Waals surface area contributed by atoms with Crippen molar-refractivity contribution in [2.45, 2.75) is 0 Å². The van der Waals surface area contributed by atoms with Crippen LogP contribution in [0, 0.1) is 0 Å². The first-order chi connectivity index (χ1) is 10.1. The van der Waals surface area contributed by atoms with Gasteiger partial charge in [0.1, 0.15) is 12.4 Å². The van der Waals surface area contributed by atoms with Crippen molar-refractivity contribution in [3.63, 3.8) is 0 Å². The fourth-order valence-electron chi connectivity index (χ4n) is 1.66. The molecule has 2 amide bonds. The van der Waals surface area contributed by atoms with Crippen molar-refractivity contribution in [2.24, 2.45) is 0 Å². The van der Waals surface area contributed by atoms with Crippen LogP contribution in [-0.2, 0) is 0 Å². The number of carbonyl (C=O) groups is 2. The van der Waals surface area contributed by atoms with Crippen molar-refractivity contribution in [2.75, 3.05) is 13.1 Å². The first-order valence-electron chi connectivity index (χ1n) is 6.01. The highest BCUT2D eigenvalue weighted by atomic mass is 35.5. The molecule has 1 heterocycles. The molecule has 0 bridgehead atoms. The van der Waals surface area contributed by atoms with Gasteiger partial charge in [0.15, 0.2) is 5.69 Å². The standard InChI is InChI=1S/C13H12ClN3O4/c14-9-3-1-8(2-4-9)10-7-21-17-11(10)12(18)15-5-6-16-13(19)20/h1-4,7,16H,5-6H2,(H,15,18)(H,19,20)/p-1. The van der Waals surface area contributed by atoms with Crippen LogP contribution in [0.3, 0.4) is 0 Å². The molecule has 2 N–H and O–H groups in total. The fourth-order valence-corrected chi connectivity index (χ4v) is 1.79. The van der Waals surface area contributed by atoms with E-state index in [1.54, 1.807) is 24.3 Å². The zero-order valence-electron chi connectivity index (χ0n) is 10.8. The molecule has 2 rings (SSSR count). The van der Waals surface area contributed by atoms with Crippen LogP contribution < -0.4 is 15.7 Å². The Kier molecular flexibility index (Phi) is 4.78. The molecule has 0 fully saturated rings. The largest absolute Gasteiger partial charge is 0.530 e. The van der Waals surface area contributed by atoms with E-state index in [0.29, 0.717) is 10.6 Å². The molecule has 0 saturated heterocycles. The second-order valence-electron chi connectivity index (χ2n) is 4.05. The summed E-state index contributed by atoms with van der Waals surface area (Å²) >= 11 is 5.81. The topological polar surface area (TPSA) is 107 Å². The molecule has 0 atom stereocenters. The number of amides is 2. The molecule has 0 aliphatic carbocycles. The molecule has 7 nitrogen and oxygen atoms in total. The predicted octanol–water partition coefficient (Wildman–Crippen LogP) is 0.658. The number of halogens is 1. The maximum Gasteiger partial charge on any atom is 0.274 e. The van der Waals surface area contributed by atoms with Crippen molar-refractivity contribution in [1.82, 2.24) is 15.8 Å². The highest BCUT2D eigenvalue weighted by molar-refractivity contribution is 6.30. The van der Waals surface area contributed by atoms with Crippen LogP contribution in [0.5, 0.6) is 0 Å². The Hall–Kier alpha value is -2.54. The zero-order chi connectivity index (χ0) is 15.2. The number of rotatable bonds is 5. The Morgan fingerprint density at radius 2 is 1.86 bits per heavy atom. The van der Waals surface area contributed by atoms with Crippen LogP contribution in [0.15, 0.2) is 35.1 Å². The molecule has 1 aromatic carbocycles. The number of nitrogens with zero attached hydrogens (tertiary/aromatic N) is 1. The minimum absolute atomic E-state index is 0.0439. The maximum atomic E-state index is 12.0. The third kappa shape index (κ3) is 3.96. The summed E-state index contributed by atoms with van der Waals surface area (Å²) in [6.07, 6.45) is -0.0371. The molecule has 0 unspecified atom stereocenters. The van der Waals surface area contributed by atoms with Crippen molar-refractivity contribution >= 4 is 23.6 Å². The number of carbonyl (C=O) groups excluding carboxylic acids is 2. The van der Waals surface area contributed by atoms with Crippen molar-refractivity contribution in [3.05, 3.63) is 41.2 Å². The van der Waals surface area contributed by atoms with Gasteiger partial charge < -0.3 is 25.1 Å². The summed E-state index contributed by atoms with van der Waals surface area (Å²) in [5.74, 6) is -0.464. The van der Waals surface area contributed by atoms with Gasteiger partial charge in [0.25, 0.3) is 5.91 Å². The zero-order valence-corrected chi connectivity index (χ0v) is 11.5. The molecule has 0 saturated carbocycles. The second kappa shape index (κ2) is 6.76. The summed E-state index contributed by atoms with van der Waals surface area (Å²) in [6, 6.07) is 6.86. The van der Waals surface area contributed by atoms with Crippen LogP contribution in [-0.4, -0.2) is 30.2 Å². The number of nitrogens with one attached hydrogen (secondary N) is 2. The lowest BCUT2D eigenvalue weighted by Crippen LogP contribution is -2.41. The molecule has 1 aromatic heterocycles. The van der Waals surface area contributed by atoms with Crippen LogP contribution in [0.25, 0.3) is 11.1 Å². The molecule has 21 heavy (non-hydrogen) atoms. The Morgan fingerprint density at radius 1 is 1.19 bits per heavy atom. The Labute approximate surface area is 124 Å². The Balaban J connectivity index is 2.04. The Bertz CT molecular complexity index is 639. The molecule has 0 aliphatic rings. The van der Waals surface area contributed by atoms with Crippen LogP contribution in [0.4, 0.5) is 4.79 Å². The van der Waals surface area contributed by atoms with Crippen LogP contribution in [0.2, 0.25) is 5.02 Å². The van der Waals surface area contributed by atoms with Crippen molar-refractivity contribution in [3.8, 4) is 11.1 Å². The van der Waals surface area contributed by atoms with Crippen molar-refractivity contribution in [1.29, 1.82) is 0 Å². The van der Waals surface area contributed by atoms with Gasteiger partial charge in [0.05, 0.1) is 5.56 Å². The maximum absolute atomic E-state index is 12.0. The normalized spacial score (nSPS) is 10.1. The lowest BCUT2D eigenvalue weighted by atomic mass is 10.1. The minimum atomic E-state index is -1.40. The van der Waals surface area contributed by atoms with E-state index >= 15 is 0 Å². The molecule has 2 aromatic rings. The summed E-state index contributed by atoms with van der Waals surface area (Å²) in [5, 5.41) is 19.0. The molecule has 0 spiro atoms. The van der Waals surface area contributed by atoms with E-state index in [2.05, 4.69) is 10.5 Å². The van der Waals surface area contributed by atoms with Crippen LogP contribution in [0.1, 0.15) is 10.5 Å². The minimum Gasteiger partial charge on any atom is -0.530 e. The second-order valence-corrected chi connectivity index (χ2v) is 4.49. The van der Waals surface area contributed by atoms with Crippen LogP contribution >= 0.6 is 11.6 Å². The van der Waals surface area contributed by atoms with Gasteiger partial charge >= 0.3 is 0 Å². The average Bonchev–Trinajstić information content (AvgIpc) is 2.93. The molecular weight excluding hydrogens is 298 g/mol. The quantitative estimate of drug-likeness (QED) is 0.789. The third-order valence-corrected chi connectivity index (χ3v) is 2.87.